The molecule has 2 aliphatic carbocycles. The maximum absolute atomic E-state index is 12.5. The van der Waals surface area contributed by atoms with E-state index in [9.17, 15) is 9.59 Å². The molecule has 0 heterocycles. The Bertz CT molecular complexity index is 370. The summed E-state index contributed by atoms with van der Waals surface area (Å²) in [6, 6.07) is 0.187. The lowest BCUT2D eigenvalue weighted by atomic mass is 9.82. The molecule has 0 aromatic carbocycles. The minimum Gasteiger partial charge on any atom is -0.466 e. The molecule has 1 amide bonds. The van der Waals surface area contributed by atoms with E-state index in [0.29, 0.717) is 13.2 Å². The van der Waals surface area contributed by atoms with Gasteiger partial charge in [-0.25, -0.2) is 0 Å². The Morgan fingerprint density at radius 1 is 1.19 bits per heavy atom. The van der Waals surface area contributed by atoms with Crippen LogP contribution in [0.25, 0.3) is 0 Å². The van der Waals surface area contributed by atoms with Gasteiger partial charge in [-0.1, -0.05) is 12.8 Å². The highest BCUT2D eigenvalue weighted by Crippen LogP contribution is 2.38. The Balaban J connectivity index is 1.80. The molecular formula is C16H28N2O3. The Morgan fingerprint density at radius 2 is 1.81 bits per heavy atom. The van der Waals surface area contributed by atoms with Gasteiger partial charge in [-0.2, -0.15) is 0 Å². The number of esters is 1. The van der Waals surface area contributed by atoms with Crippen LogP contribution in [0.5, 0.6) is 0 Å². The van der Waals surface area contributed by atoms with Crippen molar-refractivity contribution in [1.29, 1.82) is 0 Å². The van der Waals surface area contributed by atoms with Gasteiger partial charge in [0.25, 0.3) is 0 Å². The van der Waals surface area contributed by atoms with Crippen LogP contribution in [-0.4, -0.2) is 31.1 Å². The number of carbonyl (C=O) groups is 2. The van der Waals surface area contributed by atoms with Crippen LogP contribution in [0, 0.1) is 11.3 Å². The van der Waals surface area contributed by atoms with E-state index in [1.54, 1.807) is 0 Å². The number of hydrogen-bond donors (Lipinski definition) is 2. The topological polar surface area (TPSA) is 81.4 Å². The van der Waals surface area contributed by atoms with Gasteiger partial charge in [0, 0.05) is 12.6 Å². The summed E-state index contributed by atoms with van der Waals surface area (Å²) in [6.07, 6.45) is 7.34. The van der Waals surface area contributed by atoms with Crippen molar-refractivity contribution < 1.29 is 14.3 Å². The number of amides is 1. The smallest absolute Gasteiger partial charge is 0.308 e. The second kappa shape index (κ2) is 7.25. The molecular weight excluding hydrogens is 268 g/mol. The standard InChI is InChI=1S/C16H28N2O3/c1-2-21-14(19)12-5-7-13(8-6-12)18-15(20)16(11-17)9-3-4-10-16/h12-13H,2-11,17H2,1H3,(H,18,20). The Labute approximate surface area is 127 Å². The summed E-state index contributed by atoms with van der Waals surface area (Å²) in [5, 5.41) is 3.17. The second-order valence-corrected chi connectivity index (χ2v) is 6.47. The van der Waals surface area contributed by atoms with E-state index in [1.807, 2.05) is 6.92 Å². The molecule has 0 bridgehead atoms. The third-order valence-electron chi connectivity index (χ3n) is 5.12. The average molecular weight is 296 g/mol. The molecule has 3 N–H and O–H groups in total. The number of ether oxygens (including phenoxy) is 1. The zero-order valence-corrected chi connectivity index (χ0v) is 13.0. The number of hydrogen-bond acceptors (Lipinski definition) is 4. The summed E-state index contributed by atoms with van der Waals surface area (Å²) in [4.78, 5) is 24.2. The van der Waals surface area contributed by atoms with Gasteiger partial charge in [0.05, 0.1) is 17.9 Å². The SMILES string of the molecule is CCOC(=O)C1CCC(NC(=O)C2(CN)CCCC2)CC1. The first-order valence-electron chi connectivity index (χ1n) is 8.29. The minimum absolute atomic E-state index is 0.00745. The lowest BCUT2D eigenvalue weighted by Gasteiger charge is -2.32. The largest absolute Gasteiger partial charge is 0.466 e. The van der Waals surface area contributed by atoms with Gasteiger partial charge in [0.15, 0.2) is 0 Å². The molecule has 2 aliphatic rings. The van der Waals surface area contributed by atoms with Crippen LogP contribution in [0.2, 0.25) is 0 Å². The van der Waals surface area contributed by atoms with E-state index < -0.39 is 0 Å². The van der Waals surface area contributed by atoms with Crippen molar-refractivity contribution in [2.45, 2.75) is 64.3 Å². The van der Waals surface area contributed by atoms with Gasteiger partial charge in [0.2, 0.25) is 5.91 Å². The molecule has 2 rings (SSSR count). The van der Waals surface area contributed by atoms with Crippen LogP contribution in [0.3, 0.4) is 0 Å². The Morgan fingerprint density at radius 3 is 2.33 bits per heavy atom. The zero-order valence-electron chi connectivity index (χ0n) is 13.0. The zero-order chi connectivity index (χ0) is 15.3. The third kappa shape index (κ3) is 3.76. The molecule has 0 unspecified atom stereocenters. The summed E-state index contributed by atoms with van der Waals surface area (Å²) in [5.41, 5.74) is 5.51. The van der Waals surface area contributed by atoms with E-state index in [0.717, 1.165) is 51.4 Å². The molecule has 0 spiro atoms. The van der Waals surface area contributed by atoms with Crippen LogP contribution < -0.4 is 11.1 Å². The van der Waals surface area contributed by atoms with Crippen molar-refractivity contribution in [3.05, 3.63) is 0 Å². The van der Waals surface area contributed by atoms with Gasteiger partial charge in [0.1, 0.15) is 0 Å². The first-order valence-corrected chi connectivity index (χ1v) is 8.29. The number of carbonyl (C=O) groups excluding carboxylic acids is 2. The van der Waals surface area contributed by atoms with E-state index in [4.69, 9.17) is 10.5 Å². The van der Waals surface area contributed by atoms with Crippen molar-refractivity contribution in [2.24, 2.45) is 17.1 Å². The molecule has 5 heteroatoms. The van der Waals surface area contributed by atoms with Crippen molar-refractivity contribution >= 4 is 11.9 Å². The lowest BCUT2D eigenvalue weighted by molar-refractivity contribution is -0.149. The number of nitrogens with one attached hydrogen (secondary N) is 1. The van der Waals surface area contributed by atoms with Crippen molar-refractivity contribution in [3.63, 3.8) is 0 Å². The highest BCUT2D eigenvalue weighted by Gasteiger charge is 2.41. The van der Waals surface area contributed by atoms with Gasteiger partial charge in [-0.05, 0) is 45.4 Å². The van der Waals surface area contributed by atoms with Crippen LogP contribution in [0.4, 0.5) is 0 Å². The van der Waals surface area contributed by atoms with E-state index in [-0.39, 0.29) is 29.3 Å². The van der Waals surface area contributed by atoms with Crippen LogP contribution in [-0.2, 0) is 14.3 Å². The molecule has 0 aromatic heterocycles. The third-order valence-corrected chi connectivity index (χ3v) is 5.12. The highest BCUT2D eigenvalue weighted by atomic mass is 16.5. The van der Waals surface area contributed by atoms with E-state index >= 15 is 0 Å². The molecule has 0 aliphatic heterocycles. The molecule has 0 saturated heterocycles. The molecule has 0 radical (unpaired) electrons. The summed E-state index contributed by atoms with van der Waals surface area (Å²) < 4.78 is 5.07. The van der Waals surface area contributed by atoms with E-state index in [2.05, 4.69) is 5.32 Å². The van der Waals surface area contributed by atoms with Crippen molar-refractivity contribution in [2.75, 3.05) is 13.2 Å². The van der Waals surface area contributed by atoms with Gasteiger partial charge in [-0.3, -0.25) is 9.59 Å². The van der Waals surface area contributed by atoms with Gasteiger partial charge >= 0.3 is 5.97 Å². The summed E-state index contributed by atoms with van der Waals surface area (Å²) in [6.45, 7) is 2.71. The van der Waals surface area contributed by atoms with Crippen molar-refractivity contribution in [3.8, 4) is 0 Å². The number of rotatable bonds is 5. The molecule has 5 nitrogen and oxygen atoms in total. The molecule has 2 saturated carbocycles. The highest BCUT2D eigenvalue weighted by molar-refractivity contribution is 5.83. The lowest BCUT2D eigenvalue weighted by Crippen LogP contribution is -2.49. The predicted octanol–water partition coefficient (Wildman–Crippen LogP) is 1.74. The molecule has 0 atom stereocenters. The molecule has 120 valence electrons. The fraction of sp³-hybridized carbons (Fsp3) is 0.875. The average Bonchev–Trinajstić information content (AvgIpc) is 2.98. The summed E-state index contributed by atoms with van der Waals surface area (Å²) in [7, 11) is 0. The first-order chi connectivity index (χ1) is 10.1. The van der Waals surface area contributed by atoms with Crippen LogP contribution >= 0.6 is 0 Å². The van der Waals surface area contributed by atoms with Crippen LogP contribution in [0.1, 0.15) is 58.3 Å². The van der Waals surface area contributed by atoms with Gasteiger partial charge in [-0.15, -0.1) is 0 Å². The fourth-order valence-corrected chi connectivity index (χ4v) is 3.65. The molecule has 21 heavy (non-hydrogen) atoms. The second-order valence-electron chi connectivity index (χ2n) is 6.47. The van der Waals surface area contributed by atoms with Crippen molar-refractivity contribution in [1.82, 2.24) is 5.32 Å². The quantitative estimate of drug-likeness (QED) is 0.757. The Hall–Kier alpha value is -1.10. The Kier molecular flexibility index (Phi) is 5.62. The fourth-order valence-electron chi connectivity index (χ4n) is 3.65. The van der Waals surface area contributed by atoms with E-state index in [1.165, 1.54) is 0 Å². The molecule has 0 aromatic rings. The predicted molar refractivity (Wildman–Crippen MR) is 80.5 cm³/mol. The monoisotopic (exact) mass is 296 g/mol. The van der Waals surface area contributed by atoms with Crippen LogP contribution in [0.15, 0.2) is 0 Å². The normalized spacial score (nSPS) is 28.1. The first kappa shape index (κ1) is 16.3. The number of nitrogens with two attached hydrogens (primary N) is 1. The maximum atomic E-state index is 12.5. The van der Waals surface area contributed by atoms with Gasteiger partial charge < -0.3 is 15.8 Å². The minimum atomic E-state index is -0.335. The molecule has 2 fully saturated rings. The maximum Gasteiger partial charge on any atom is 0.308 e. The summed E-state index contributed by atoms with van der Waals surface area (Å²) >= 11 is 0. The summed E-state index contributed by atoms with van der Waals surface area (Å²) in [5.74, 6) is 0.0478.